The van der Waals surface area contributed by atoms with Crippen molar-refractivity contribution < 1.29 is 4.79 Å². The fourth-order valence-electron chi connectivity index (χ4n) is 3.64. The van der Waals surface area contributed by atoms with Gasteiger partial charge in [0.25, 0.3) is 0 Å². The standard InChI is InChI=1S/C22H22N6O/c23-8-3-11-28-17-18(19-4-1-2-5-20(19)28)6-7-22(29)27-14-12-26(13-15-27)21-16-24-9-10-25-21/h1-2,4-7,9-10,16-17H,3,11-15H2. The molecule has 0 unspecified atom stereocenters. The zero-order valence-electron chi connectivity index (χ0n) is 16.1. The molecular formula is C22H22N6O. The van der Waals surface area contributed by atoms with Crippen LogP contribution in [0.2, 0.25) is 0 Å². The number of nitriles is 1. The summed E-state index contributed by atoms with van der Waals surface area (Å²) in [6, 6.07) is 10.2. The lowest BCUT2D eigenvalue weighted by atomic mass is 10.1. The summed E-state index contributed by atoms with van der Waals surface area (Å²) in [4.78, 5) is 25.1. The van der Waals surface area contributed by atoms with Gasteiger partial charge >= 0.3 is 0 Å². The SMILES string of the molecule is N#CCCn1cc(C=CC(=O)N2CCN(c3cnccn3)CC2)c2ccccc21. The quantitative estimate of drug-likeness (QED) is 0.630. The van der Waals surface area contributed by atoms with Crippen LogP contribution in [0.4, 0.5) is 5.82 Å². The molecule has 0 bridgehead atoms. The number of piperazine rings is 1. The number of carbonyl (C=O) groups excluding carboxylic acids is 1. The molecule has 0 aliphatic carbocycles. The molecule has 1 saturated heterocycles. The van der Waals surface area contributed by atoms with Gasteiger partial charge in [0.05, 0.1) is 18.7 Å². The number of rotatable bonds is 5. The predicted molar refractivity (Wildman–Crippen MR) is 112 cm³/mol. The van der Waals surface area contributed by atoms with E-state index in [4.69, 9.17) is 5.26 Å². The zero-order chi connectivity index (χ0) is 20.1. The van der Waals surface area contributed by atoms with E-state index in [0.717, 1.165) is 35.4 Å². The van der Waals surface area contributed by atoms with Crippen molar-refractivity contribution in [2.45, 2.75) is 13.0 Å². The van der Waals surface area contributed by atoms with Crippen LogP contribution in [0.1, 0.15) is 12.0 Å². The van der Waals surface area contributed by atoms with E-state index < -0.39 is 0 Å². The van der Waals surface area contributed by atoms with E-state index in [1.54, 1.807) is 24.7 Å². The van der Waals surface area contributed by atoms with Crippen LogP contribution >= 0.6 is 0 Å². The normalized spacial score (nSPS) is 14.4. The van der Waals surface area contributed by atoms with Crippen LogP contribution in [0.3, 0.4) is 0 Å². The molecule has 4 rings (SSSR count). The van der Waals surface area contributed by atoms with E-state index in [-0.39, 0.29) is 5.91 Å². The lowest BCUT2D eigenvalue weighted by Crippen LogP contribution is -2.48. The number of hydrogen-bond acceptors (Lipinski definition) is 5. The van der Waals surface area contributed by atoms with Crippen molar-refractivity contribution in [3.05, 3.63) is 60.7 Å². The number of amides is 1. The molecule has 0 N–H and O–H groups in total. The Bertz CT molecular complexity index is 1060. The van der Waals surface area contributed by atoms with Crippen molar-refractivity contribution in [3.63, 3.8) is 0 Å². The number of aromatic nitrogens is 3. The minimum Gasteiger partial charge on any atom is -0.352 e. The molecule has 0 spiro atoms. The zero-order valence-corrected chi connectivity index (χ0v) is 16.1. The van der Waals surface area contributed by atoms with Crippen LogP contribution in [0.15, 0.2) is 55.1 Å². The molecule has 1 fully saturated rings. The number of benzene rings is 1. The molecule has 7 nitrogen and oxygen atoms in total. The summed E-state index contributed by atoms with van der Waals surface area (Å²) in [5.41, 5.74) is 2.07. The molecule has 7 heteroatoms. The van der Waals surface area contributed by atoms with Gasteiger partial charge in [-0.1, -0.05) is 18.2 Å². The Balaban J connectivity index is 1.43. The van der Waals surface area contributed by atoms with Gasteiger partial charge in [-0.05, 0) is 12.1 Å². The Morgan fingerprint density at radius 3 is 2.76 bits per heavy atom. The monoisotopic (exact) mass is 386 g/mol. The first-order valence-electron chi connectivity index (χ1n) is 9.69. The van der Waals surface area contributed by atoms with Crippen LogP contribution in [0.5, 0.6) is 0 Å². The average molecular weight is 386 g/mol. The molecule has 1 aromatic carbocycles. The molecule has 3 heterocycles. The van der Waals surface area contributed by atoms with Crippen LogP contribution in [0, 0.1) is 11.3 Å². The van der Waals surface area contributed by atoms with E-state index in [0.29, 0.717) is 26.1 Å². The van der Waals surface area contributed by atoms with E-state index >= 15 is 0 Å². The molecule has 3 aromatic rings. The van der Waals surface area contributed by atoms with Crippen molar-refractivity contribution in [1.82, 2.24) is 19.4 Å². The highest BCUT2D eigenvalue weighted by molar-refractivity contribution is 5.96. The maximum atomic E-state index is 12.7. The second-order valence-corrected chi connectivity index (χ2v) is 6.91. The van der Waals surface area contributed by atoms with Gasteiger partial charge in [0.1, 0.15) is 5.82 Å². The van der Waals surface area contributed by atoms with E-state index in [1.807, 2.05) is 41.4 Å². The van der Waals surface area contributed by atoms with Crippen molar-refractivity contribution >= 4 is 28.7 Å². The molecule has 1 aliphatic rings. The molecule has 1 aliphatic heterocycles. The number of hydrogen-bond donors (Lipinski definition) is 0. The van der Waals surface area contributed by atoms with Gasteiger partial charge in [0, 0.05) is 73.9 Å². The van der Waals surface area contributed by atoms with Gasteiger partial charge in [-0.15, -0.1) is 0 Å². The summed E-state index contributed by atoms with van der Waals surface area (Å²) in [6.07, 6.45) is 11.1. The van der Waals surface area contributed by atoms with Crippen molar-refractivity contribution in [2.24, 2.45) is 0 Å². The van der Waals surface area contributed by atoms with Crippen molar-refractivity contribution in [2.75, 3.05) is 31.1 Å². The summed E-state index contributed by atoms with van der Waals surface area (Å²) in [6.45, 7) is 3.44. The maximum absolute atomic E-state index is 12.7. The highest BCUT2D eigenvalue weighted by atomic mass is 16.2. The number of anilines is 1. The summed E-state index contributed by atoms with van der Waals surface area (Å²) >= 11 is 0. The van der Waals surface area contributed by atoms with Crippen LogP contribution in [0.25, 0.3) is 17.0 Å². The molecule has 1 amide bonds. The smallest absolute Gasteiger partial charge is 0.246 e. The highest BCUT2D eigenvalue weighted by Crippen LogP contribution is 2.23. The number of carbonyl (C=O) groups is 1. The molecule has 29 heavy (non-hydrogen) atoms. The highest BCUT2D eigenvalue weighted by Gasteiger charge is 2.20. The first-order chi connectivity index (χ1) is 14.3. The average Bonchev–Trinajstić information content (AvgIpc) is 3.14. The summed E-state index contributed by atoms with van der Waals surface area (Å²) in [7, 11) is 0. The van der Waals surface area contributed by atoms with Crippen molar-refractivity contribution in [1.29, 1.82) is 5.26 Å². The molecular weight excluding hydrogens is 364 g/mol. The second-order valence-electron chi connectivity index (χ2n) is 6.91. The fourth-order valence-corrected chi connectivity index (χ4v) is 3.64. The minimum atomic E-state index is 0.0117. The largest absolute Gasteiger partial charge is 0.352 e. The minimum absolute atomic E-state index is 0.0117. The van der Waals surface area contributed by atoms with E-state index in [9.17, 15) is 4.79 Å². The second kappa shape index (κ2) is 8.57. The molecule has 2 aromatic heterocycles. The van der Waals surface area contributed by atoms with E-state index in [2.05, 4.69) is 25.5 Å². The van der Waals surface area contributed by atoms with Gasteiger partial charge in [0.15, 0.2) is 0 Å². The molecule has 146 valence electrons. The Morgan fingerprint density at radius 1 is 1.17 bits per heavy atom. The number of nitrogens with zero attached hydrogens (tertiary/aromatic N) is 6. The maximum Gasteiger partial charge on any atom is 0.246 e. The number of aryl methyl sites for hydroxylation is 1. The third kappa shape index (κ3) is 4.11. The third-order valence-corrected chi connectivity index (χ3v) is 5.15. The summed E-state index contributed by atoms with van der Waals surface area (Å²) < 4.78 is 2.07. The number of fused-ring (bicyclic) bond motifs is 1. The Morgan fingerprint density at radius 2 is 2.00 bits per heavy atom. The summed E-state index contributed by atoms with van der Waals surface area (Å²) in [5.74, 6) is 0.859. The predicted octanol–water partition coefficient (Wildman–Crippen LogP) is 2.71. The van der Waals surface area contributed by atoms with Gasteiger partial charge < -0.3 is 14.4 Å². The Hall–Kier alpha value is -3.66. The lowest BCUT2D eigenvalue weighted by molar-refractivity contribution is -0.126. The van der Waals surface area contributed by atoms with Gasteiger partial charge in [-0.25, -0.2) is 4.98 Å². The first kappa shape index (κ1) is 18.7. The lowest BCUT2D eigenvalue weighted by Gasteiger charge is -2.34. The van der Waals surface area contributed by atoms with Crippen LogP contribution < -0.4 is 4.90 Å². The number of para-hydroxylation sites is 1. The topological polar surface area (TPSA) is 78.0 Å². The first-order valence-corrected chi connectivity index (χ1v) is 9.69. The Kier molecular flexibility index (Phi) is 5.52. The van der Waals surface area contributed by atoms with Gasteiger partial charge in [-0.2, -0.15) is 5.26 Å². The Labute approximate surface area is 169 Å². The molecule has 0 radical (unpaired) electrons. The molecule has 0 saturated carbocycles. The fraction of sp³-hybridized carbons (Fsp3) is 0.273. The third-order valence-electron chi connectivity index (χ3n) is 5.15. The van der Waals surface area contributed by atoms with Crippen LogP contribution in [-0.2, 0) is 11.3 Å². The van der Waals surface area contributed by atoms with Gasteiger partial charge in [-0.3, -0.25) is 9.78 Å². The summed E-state index contributed by atoms with van der Waals surface area (Å²) in [5, 5.41) is 9.97. The van der Waals surface area contributed by atoms with Crippen LogP contribution in [-0.4, -0.2) is 51.5 Å². The van der Waals surface area contributed by atoms with Crippen molar-refractivity contribution in [3.8, 4) is 6.07 Å². The molecule has 0 atom stereocenters. The van der Waals surface area contributed by atoms with Gasteiger partial charge in [0.2, 0.25) is 5.91 Å². The van der Waals surface area contributed by atoms with E-state index in [1.165, 1.54) is 0 Å².